The number of pyridine rings is 1. The molecule has 0 spiro atoms. The lowest BCUT2D eigenvalue weighted by atomic mass is 10.0. The molecule has 2 nitrogen and oxygen atoms in total. The fraction of sp³-hybridized carbons (Fsp3) is 0.0833. The lowest BCUT2D eigenvalue weighted by Gasteiger charge is -2.11. The van der Waals surface area contributed by atoms with Crippen LogP contribution in [-0.2, 0) is 0 Å². The smallest absolute Gasteiger partial charge is 0.129 e. The predicted octanol–water partition coefficient (Wildman–Crippen LogP) is 2.30. The Bertz CT molecular complexity index is 444. The van der Waals surface area contributed by atoms with Crippen LogP contribution in [0.1, 0.15) is 17.2 Å². The SMILES string of the molecule is O[C@H](c1cccnc1)c1ccccc1F. The topological polar surface area (TPSA) is 33.1 Å². The van der Waals surface area contributed by atoms with E-state index in [2.05, 4.69) is 4.98 Å². The first kappa shape index (κ1) is 9.80. The summed E-state index contributed by atoms with van der Waals surface area (Å²) in [5, 5.41) is 9.89. The number of benzene rings is 1. The molecule has 3 heteroatoms. The van der Waals surface area contributed by atoms with Crippen molar-refractivity contribution in [1.29, 1.82) is 0 Å². The van der Waals surface area contributed by atoms with Gasteiger partial charge in [0.25, 0.3) is 0 Å². The van der Waals surface area contributed by atoms with Crippen molar-refractivity contribution in [3.63, 3.8) is 0 Å². The van der Waals surface area contributed by atoms with E-state index in [0.717, 1.165) is 0 Å². The van der Waals surface area contributed by atoms with Gasteiger partial charge in [-0.1, -0.05) is 24.3 Å². The third kappa shape index (κ3) is 2.02. The van der Waals surface area contributed by atoms with Crippen molar-refractivity contribution in [2.75, 3.05) is 0 Å². The summed E-state index contributed by atoms with van der Waals surface area (Å²) >= 11 is 0. The molecule has 1 heterocycles. The molecule has 1 N–H and O–H groups in total. The maximum Gasteiger partial charge on any atom is 0.129 e. The largest absolute Gasteiger partial charge is 0.383 e. The van der Waals surface area contributed by atoms with Crippen molar-refractivity contribution in [3.05, 3.63) is 65.7 Å². The summed E-state index contributed by atoms with van der Waals surface area (Å²) in [6, 6.07) is 9.60. The van der Waals surface area contributed by atoms with Crippen molar-refractivity contribution >= 4 is 0 Å². The number of hydrogen-bond acceptors (Lipinski definition) is 2. The molecule has 15 heavy (non-hydrogen) atoms. The van der Waals surface area contributed by atoms with Crippen LogP contribution in [0, 0.1) is 5.82 Å². The zero-order valence-corrected chi connectivity index (χ0v) is 7.97. The van der Waals surface area contributed by atoms with E-state index in [-0.39, 0.29) is 5.56 Å². The number of nitrogens with zero attached hydrogens (tertiary/aromatic N) is 1. The van der Waals surface area contributed by atoms with Gasteiger partial charge in [-0.15, -0.1) is 0 Å². The number of aromatic nitrogens is 1. The second-order valence-corrected chi connectivity index (χ2v) is 3.21. The third-order valence-corrected chi connectivity index (χ3v) is 2.20. The van der Waals surface area contributed by atoms with Gasteiger partial charge in [-0.25, -0.2) is 4.39 Å². The van der Waals surface area contributed by atoms with Crippen LogP contribution in [0.4, 0.5) is 4.39 Å². The summed E-state index contributed by atoms with van der Waals surface area (Å²) in [6.07, 6.45) is 2.18. The molecule has 1 atom stereocenters. The number of aliphatic hydroxyl groups excluding tert-OH is 1. The molecule has 0 aliphatic rings. The first-order valence-electron chi connectivity index (χ1n) is 4.61. The van der Waals surface area contributed by atoms with E-state index in [0.29, 0.717) is 5.56 Å². The van der Waals surface area contributed by atoms with E-state index < -0.39 is 11.9 Å². The molecule has 1 aromatic carbocycles. The van der Waals surface area contributed by atoms with E-state index in [9.17, 15) is 9.50 Å². The van der Waals surface area contributed by atoms with Gasteiger partial charge in [0, 0.05) is 23.5 Å². The van der Waals surface area contributed by atoms with Crippen LogP contribution in [0.2, 0.25) is 0 Å². The molecule has 0 aliphatic carbocycles. The average Bonchev–Trinajstić information content (AvgIpc) is 2.30. The fourth-order valence-corrected chi connectivity index (χ4v) is 1.41. The second kappa shape index (κ2) is 4.19. The Labute approximate surface area is 87.0 Å². The Morgan fingerprint density at radius 3 is 2.60 bits per heavy atom. The fourth-order valence-electron chi connectivity index (χ4n) is 1.41. The molecule has 0 unspecified atom stereocenters. The monoisotopic (exact) mass is 203 g/mol. The molecule has 0 aliphatic heterocycles. The van der Waals surface area contributed by atoms with Crippen LogP contribution in [0.25, 0.3) is 0 Å². The molecule has 2 rings (SSSR count). The van der Waals surface area contributed by atoms with Gasteiger partial charge in [0.2, 0.25) is 0 Å². The van der Waals surface area contributed by atoms with E-state index in [4.69, 9.17) is 0 Å². The highest BCUT2D eigenvalue weighted by Crippen LogP contribution is 2.22. The van der Waals surface area contributed by atoms with Crippen molar-refractivity contribution in [3.8, 4) is 0 Å². The Hall–Kier alpha value is -1.74. The van der Waals surface area contributed by atoms with Crippen molar-refractivity contribution in [2.45, 2.75) is 6.10 Å². The first-order chi connectivity index (χ1) is 7.29. The maximum absolute atomic E-state index is 13.3. The highest BCUT2D eigenvalue weighted by atomic mass is 19.1. The molecule has 2 aromatic rings. The van der Waals surface area contributed by atoms with E-state index in [1.807, 2.05) is 0 Å². The van der Waals surface area contributed by atoms with Gasteiger partial charge < -0.3 is 5.11 Å². The second-order valence-electron chi connectivity index (χ2n) is 3.21. The average molecular weight is 203 g/mol. The molecular weight excluding hydrogens is 193 g/mol. The van der Waals surface area contributed by atoms with Crippen molar-refractivity contribution < 1.29 is 9.50 Å². The molecule has 0 saturated carbocycles. The van der Waals surface area contributed by atoms with Gasteiger partial charge in [-0.05, 0) is 12.1 Å². The normalized spacial score (nSPS) is 12.4. The van der Waals surface area contributed by atoms with E-state index in [1.54, 1.807) is 36.5 Å². The van der Waals surface area contributed by atoms with Crippen LogP contribution < -0.4 is 0 Å². The summed E-state index contributed by atoms with van der Waals surface area (Å²) in [5.41, 5.74) is 0.855. The molecule has 1 aromatic heterocycles. The van der Waals surface area contributed by atoms with Crippen LogP contribution in [0.3, 0.4) is 0 Å². The van der Waals surface area contributed by atoms with Gasteiger partial charge in [-0.3, -0.25) is 4.98 Å². The number of aliphatic hydroxyl groups is 1. The summed E-state index contributed by atoms with van der Waals surface area (Å²) in [5.74, 6) is -0.408. The van der Waals surface area contributed by atoms with Crippen LogP contribution in [-0.4, -0.2) is 10.1 Å². The van der Waals surface area contributed by atoms with Crippen LogP contribution in [0.5, 0.6) is 0 Å². The summed E-state index contributed by atoms with van der Waals surface area (Å²) in [7, 11) is 0. The molecule has 0 fully saturated rings. The van der Waals surface area contributed by atoms with Crippen LogP contribution in [0.15, 0.2) is 48.8 Å². The molecule has 0 amide bonds. The predicted molar refractivity (Wildman–Crippen MR) is 54.7 cm³/mol. The minimum atomic E-state index is -0.958. The molecule has 0 bridgehead atoms. The van der Waals surface area contributed by atoms with Gasteiger partial charge in [0.15, 0.2) is 0 Å². The minimum Gasteiger partial charge on any atom is -0.383 e. The Morgan fingerprint density at radius 1 is 1.13 bits per heavy atom. The lowest BCUT2D eigenvalue weighted by molar-refractivity contribution is 0.214. The summed E-state index contributed by atoms with van der Waals surface area (Å²) in [6.45, 7) is 0. The Morgan fingerprint density at radius 2 is 1.93 bits per heavy atom. The standard InChI is InChI=1S/C12H10FNO/c13-11-6-2-1-5-10(11)12(15)9-4-3-7-14-8-9/h1-8,12,15H/t12-/m1/s1. The molecule has 0 saturated heterocycles. The van der Waals surface area contributed by atoms with Gasteiger partial charge in [0.1, 0.15) is 11.9 Å². The third-order valence-electron chi connectivity index (χ3n) is 2.20. The molecular formula is C12H10FNO. The van der Waals surface area contributed by atoms with Gasteiger partial charge in [0.05, 0.1) is 0 Å². The molecule has 76 valence electrons. The first-order valence-corrected chi connectivity index (χ1v) is 4.61. The van der Waals surface area contributed by atoms with Gasteiger partial charge in [-0.2, -0.15) is 0 Å². The highest BCUT2D eigenvalue weighted by molar-refractivity contribution is 5.28. The van der Waals surface area contributed by atoms with E-state index >= 15 is 0 Å². The Kier molecular flexibility index (Phi) is 2.74. The molecule has 0 radical (unpaired) electrons. The minimum absolute atomic E-state index is 0.269. The van der Waals surface area contributed by atoms with Crippen LogP contribution >= 0.6 is 0 Å². The zero-order chi connectivity index (χ0) is 10.7. The lowest BCUT2D eigenvalue weighted by Crippen LogP contribution is -2.02. The maximum atomic E-state index is 13.3. The Balaban J connectivity index is 2.37. The van der Waals surface area contributed by atoms with Crippen molar-refractivity contribution in [1.82, 2.24) is 4.98 Å². The summed E-state index contributed by atoms with van der Waals surface area (Å²) < 4.78 is 13.3. The quantitative estimate of drug-likeness (QED) is 0.812. The zero-order valence-electron chi connectivity index (χ0n) is 7.97. The van der Waals surface area contributed by atoms with Gasteiger partial charge >= 0.3 is 0 Å². The number of halogens is 1. The highest BCUT2D eigenvalue weighted by Gasteiger charge is 2.13. The van der Waals surface area contributed by atoms with Crippen molar-refractivity contribution in [2.24, 2.45) is 0 Å². The summed E-state index contributed by atoms with van der Waals surface area (Å²) in [4.78, 5) is 3.88. The number of rotatable bonds is 2. The van der Waals surface area contributed by atoms with E-state index in [1.165, 1.54) is 12.3 Å². The number of hydrogen-bond donors (Lipinski definition) is 1.